The number of rotatable bonds is 5. The van der Waals surface area contributed by atoms with Gasteiger partial charge in [0, 0.05) is 21.5 Å². The third kappa shape index (κ3) is 3.33. The number of nitrogens with zero attached hydrogens (tertiary/aromatic N) is 1. The van der Waals surface area contributed by atoms with E-state index < -0.39 is 6.10 Å². The van der Waals surface area contributed by atoms with Crippen LogP contribution in [0.2, 0.25) is 0 Å². The minimum atomic E-state index is -0.636. The van der Waals surface area contributed by atoms with Gasteiger partial charge in [-0.2, -0.15) is 0 Å². The quantitative estimate of drug-likeness (QED) is 0.907. The van der Waals surface area contributed by atoms with Gasteiger partial charge in [0.25, 0.3) is 0 Å². The molecular formula is C15H19NO2S. The first kappa shape index (κ1) is 14.0. The van der Waals surface area contributed by atoms with E-state index in [-0.39, 0.29) is 0 Å². The summed E-state index contributed by atoms with van der Waals surface area (Å²) in [6, 6.07) is 3.89. The number of thiophene rings is 1. The van der Waals surface area contributed by atoms with E-state index in [9.17, 15) is 5.11 Å². The maximum absolute atomic E-state index is 10.4. The standard InChI is InChI=1S/C15H19NO2S/c1-4-5-18-13-7-12(8-16-9-13)15(17)14-6-10(2)19-11(14)3/h6-9,15,17H,4-5H2,1-3H3. The first-order valence-corrected chi connectivity index (χ1v) is 7.26. The summed E-state index contributed by atoms with van der Waals surface area (Å²) in [5, 5.41) is 10.4. The third-order valence-electron chi connectivity index (χ3n) is 2.90. The molecule has 0 radical (unpaired) electrons. The van der Waals surface area contributed by atoms with Crippen LogP contribution < -0.4 is 4.74 Å². The Labute approximate surface area is 117 Å². The molecule has 1 atom stereocenters. The van der Waals surface area contributed by atoms with Crippen LogP contribution in [0.15, 0.2) is 24.5 Å². The summed E-state index contributed by atoms with van der Waals surface area (Å²) in [7, 11) is 0. The molecule has 0 fully saturated rings. The molecule has 4 heteroatoms. The fraction of sp³-hybridized carbons (Fsp3) is 0.400. The van der Waals surface area contributed by atoms with Gasteiger partial charge in [-0.25, -0.2) is 0 Å². The fourth-order valence-corrected chi connectivity index (χ4v) is 2.94. The Bertz CT molecular complexity index is 551. The summed E-state index contributed by atoms with van der Waals surface area (Å²) >= 11 is 1.70. The van der Waals surface area contributed by atoms with Crippen LogP contribution in [0.3, 0.4) is 0 Å². The van der Waals surface area contributed by atoms with Crippen molar-refractivity contribution < 1.29 is 9.84 Å². The molecule has 1 N–H and O–H groups in total. The highest BCUT2D eigenvalue weighted by atomic mass is 32.1. The summed E-state index contributed by atoms with van der Waals surface area (Å²) in [4.78, 5) is 6.49. The van der Waals surface area contributed by atoms with Crippen LogP contribution in [0.25, 0.3) is 0 Å². The summed E-state index contributed by atoms with van der Waals surface area (Å²) in [6.07, 6.45) is 3.69. The zero-order valence-corrected chi connectivity index (χ0v) is 12.3. The first-order valence-electron chi connectivity index (χ1n) is 6.44. The zero-order chi connectivity index (χ0) is 13.8. The van der Waals surface area contributed by atoms with Gasteiger partial charge in [-0.15, -0.1) is 11.3 Å². The van der Waals surface area contributed by atoms with Crippen molar-refractivity contribution in [3.8, 4) is 5.75 Å². The van der Waals surface area contributed by atoms with E-state index in [1.165, 1.54) is 4.88 Å². The van der Waals surface area contributed by atoms with Gasteiger partial charge in [-0.1, -0.05) is 6.92 Å². The Balaban J connectivity index is 2.23. The Morgan fingerprint density at radius 2 is 2.11 bits per heavy atom. The van der Waals surface area contributed by atoms with Crippen LogP contribution in [-0.2, 0) is 0 Å². The van der Waals surface area contributed by atoms with Crippen molar-refractivity contribution >= 4 is 11.3 Å². The summed E-state index contributed by atoms with van der Waals surface area (Å²) in [5.74, 6) is 0.711. The van der Waals surface area contributed by atoms with Gasteiger partial charge in [-0.3, -0.25) is 4.98 Å². The number of hydrogen-bond acceptors (Lipinski definition) is 4. The third-order valence-corrected chi connectivity index (χ3v) is 3.88. The lowest BCUT2D eigenvalue weighted by atomic mass is 10.0. The van der Waals surface area contributed by atoms with Crippen LogP contribution in [0.1, 0.15) is 40.3 Å². The topological polar surface area (TPSA) is 42.4 Å². The Hall–Kier alpha value is -1.39. The normalized spacial score (nSPS) is 12.4. The smallest absolute Gasteiger partial charge is 0.137 e. The molecule has 102 valence electrons. The van der Waals surface area contributed by atoms with Crippen molar-refractivity contribution in [2.45, 2.75) is 33.3 Å². The maximum Gasteiger partial charge on any atom is 0.137 e. The van der Waals surface area contributed by atoms with E-state index in [4.69, 9.17) is 4.74 Å². The van der Waals surface area contributed by atoms with Gasteiger partial charge >= 0.3 is 0 Å². The van der Waals surface area contributed by atoms with Crippen molar-refractivity contribution in [3.63, 3.8) is 0 Å². The van der Waals surface area contributed by atoms with E-state index in [0.29, 0.717) is 12.4 Å². The number of aryl methyl sites for hydroxylation is 2. The molecule has 0 saturated heterocycles. The van der Waals surface area contributed by atoms with Gasteiger partial charge in [0.05, 0.1) is 12.8 Å². The molecule has 0 amide bonds. The average molecular weight is 277 g/mol. The maximum atomic E-state index is 10.4. The Kier molecular flexibility index (Phi) is 4.56. The zero-order valence-electron chi connectivity index (χ0n) is 11.5. The number of aliphatic hydroxyl groups is 1. The second-order valence-electron chi connectivity index (χ2n) is 4.57. The van der Waals surface area contributed by atoms with Gasteiger partial charge in [0.1, 0.15) is 11.9 Å². The van der Waals surface area contributed by atoms with Crippen molar-refractivity contribution in [2.24, 2.45) is 0 Å². The highest BCUT2D eigenvalue weighted by Crippen LogP contribution is 2.31. The van der Waals surface area contributed by atoms with Gasteiger partial charge < -0.3 is 9.84 Å². The minimum Gasteiger partial charge on any atom is -0.492 e. The largest absolute Gasteiger partial charge is 0.492 e. The molecule has 19 heavy (non-hydrogen) atoms. The molecule has 0 bridgehead atoms. The van der Waals surface area contributed by atoms with E-state index in [2.05, 4.69) is 11.9 Å². The van der Waals surface area contributed by atoms with E-state index in [0.717, 1.165) is 22.4 Å². The predicted octanol–water partition coefficient (Wildman–Crippen LogP) is 3.63. The molecule has 1 unspecified atom stereocenters. The molecule has 0 spiro atoms. The summed E-state index contributed by atoms with van der Waals surface area (Å²) in [5.41, 5.74) is 1.73. The van der Waals surface area contributed by atoms with Crippen LogP contribution in [-0.4, -0.2) is 16.7 Å². The molecule has 0 saturated carbocycles. The summed E-state index contributed by atoms with van der Waals surface area (Å²) in [6.45, 7) is 6.80. The van der Waals surface area contributed by atoms with E-state index >= 15 is 0 Å². The molecule has 2 aromatic rings. The lowest BCUT2D eigenvalue weighted by Crippen LogP contribution is -2.02. The summed E-state index contributed by atoms with van der Waals surface area (Å²) < 4.78 is 5.55. The van der Waals surface area contributed by atoms with Gasteiger partial charge in [0.15, 0.2) is 0 Å². The molecule has 2 rings (SSSR count). The molecule has 0 aliphatic rings. The number of pyridine rings is 1. The minimum absolute atomic E-state index is 0.636. The lowest BCUT2D eigenvalue weighted by molar-refractivity contribution is 0.218. The first-order chi connectivity index (χ1) is 9.11. The molecule has 0 aliphatic carbocycles. The van der Waals surface area contributed by atoms with Crippen LogP contribution in [0.4, 0.5) is 0 Å². The van der Waals surface area contributed by atoms with E-state index in [1.54, 1.807) is 23.7 Å². The highest BCUT2D eigenvalue weighted by molar-refractivity contribution is 7.12. The average Bonchev–Trinajstić information content (AvgIpc) is 2.75. The lowest BCUT2D eigenvalue weighted by Gasteiger charge is -2.12. The number of hydrogen-bond donors (Lipinski definition) is 1. The molecule has 3 nitrogen and oxygen atoms in total. The SMILES string of the molecule is CCCOc1cncc(C(O)c2cc(C)sc2C)c1. The second kappa shape index (κ2) is 6.17. The number of aliphatic hydroxyl groups excluding tert-OH is 1. The van der Waals surface area contributed by atoms with Crippen molar-refractivity contribution in [2.75, 3.05) is 6.61 Å². The van der Waals surface area contributed by atoms with Crippen LogP contribution in [0.5, 0.6) is 5.75 Å². The second-order valence-corrected chi connectivity index (χ2v) is 6.03. The Morgan fingerprint density at radius 1 is 1.32 bits per heavy atom. The predicted molar refractivity (Wildman–Crippen MR) is 77.9 cm³/mol. The van der Waals surface area contributed by atoms with Gasteiger partial charge in [0.2, 0.25) is 0 Å². The molecule has 2 aromatic heterocycles. The molecule has 0 aliphatic heterocycles. The van der Waals surface area contributed by atoms with Crippen molar-refractivity contribution in [1.29, 1.82) is 0 Å². The van der Waals surface area contributed by atoms with Crippen molar-refractivity contribution in [3.05, 3.63) is 45.4 Å². The Morgan fingerprint density at radius 3 is 2.74 bits per heavy atom. The number of ether oxygens (including phenoxy) is 1. The number of aromatic nitrogens is 1. The van der Waals surface area contributed by atoms with Crippen LogP contribution in [0, 0.1) is 13.8 Å². The molecule has 2 heterocycles. The van der Waals surface area contributed by atoms with Crippen molar-refractivity contribution in [1.82, 2.24) is 4.98 Å². The van der Waals surface area contributed by atoms with Crippen LogP contribution >= 0.6 is 11.3 Å². The molecular weight excluding hydrogens is 258 g/mol. The highest BCUT2D eigenvalue weighted by Gasteiger charge is 2.16. The monoisotopic (exact) mass is 277 g/mol. The van der Waals surface area contributed by atoms with E-state index in [1.807, 2.05) is 26.0 Å². The molecule has 0 aromatic carbocycles. The van der Waals surface area contributed by atoms with Gasteiger partial charge in [-0.05, 0) is 38.0 Å². The fourth-order valence-electron chi connectivity index (χ4n) is 1.99.